The van der Waals surface area contributed by atoms with E-state index < -0.39 is 0 Å². The van der Waals surface area contributed by atoms with Crippen LogP contribution in [0.2, 0.25) is 0 Å². The lowest BCUT2D eigenvalue weighted by atomic mass is 9.90. The van der Waals surface area contributed by atoms with Crippen molar-refractivity contribution in [3.8, 4) is 0 Å². The van der Waals surface area contributed by atoms with Crippen molar-refractivity contribution in [1.29, 1.82) is 0 Å². The number of likely N-dealkylation sites (tertiary alicyclic amines) is 1. The summed E-state index contributed by atoms with van der Waals surface area (Å²) in [6.45, 7) is 1.39. The van der Waals surface area contributed by atoms with Gasteiger partial charge < -0.3 is 10.2 Å². The summed E-state index contributed by atoms with van der Waals surface area (Å²) in [6, 6.07) is 10.2. The zero-order valence-electron chi connectivity index (χ0n) is 16.2. The molecular weight excluding hydrogens is 350 g/mol. The van der Waals surface area contributed by atoms with Gasteiger partial charge in [0.05, 0.1) is 12.0 Å². The van der Waals surface area contributed by atoms with E-state index in [1.165, 1.54) is 30.4 Å². The Balaban J connectivity index is 1.28. The molecule has 1 saturated heterocycles. The molecule has 2 amide bonds. The SMILES string of the molecule is O=C(NC1CCN(C(=O)Cc2ccc3c(c2)CCCC3)CC1)c1cccnc1. The fourth-order valence-corrected chi connectivity index (χ4v) is 4.22. The Morgan fingerprint density at radius 1 is 1.07 bits per heavy atom. The molecule has 1 fully saturated rings. The molecule has 1 aliphatic carbocycles. The zero-order chi connectivity index (χ0) is 19.3. The smallest absolute Gasteiger partial charge is 0.253 e. The predicted octanol–water partition coefficient (Wildman–Crippen LogP) is 2.92. The molecule has 1 aliphatic heterocycles. The van der Waals surface area contributed by atoms with Crippen molar-refractivity contribution in [3.63, 3.8) is 0 Å². The first kappa shape index (κ1) is 18.7. The lowest BCUT2D eigenvalue weighted by Crippen LogP contribution is -2.47. The standard InChI is InChI=1S/C23H27N3O2/c27-22(15-17-7-8-18-4-1-2-5-19(18)14-17)26-12-9-21(10-13-26)25-23(28)20-6-3-11-24-16-20/h3,6-8,11,14,16,21H,1-2,4-5,9-10,12-13,15H2,(H,25,28). The number of amides is 2. The van der Waals surface area contributed by atoms with Gasteiger partial charge in [0.1, 0.15) is 0 Å². The first-order valence-corrected chi connectivity index (χ1v) is 10.3. The van der Waals surface area contributed by atoms with Crippen LogP contribution in [0.5, 0.6) is 0 Å². The molecule has 0 unspecified atom stereocenters. The van der Waals surface area contributed by atoms with Gasteiger partial charge in [-0.2, -0.15) is 0 Å². The van der Waals surface area contributed by atoms with E-state index in [1.807, 2.05) is 4.90 Å². The molecule has 2 heterocycles. The van der Waals surface area contributed by atoms with Crippen molar-refractivity contribution < 1.29 is 9.59 Å². The van der Waals surface area contributed by atoms with Gasteiger partial charge in [0, 0.05) is 31.5 Å². The summed E-state index contributed by atoms with van der Waals surface area (Å²) in [5.41, 5.74) is 4.58. The molecule has 1 aromatic carbocycles. The second-order valence-corrected chi connectivity index (χ2v) is 7.86. The molecule has 4 rings (SSSR count). The molecule has 146 valence electrons. The molecule has 5 nitrogen and oxygen atoms in total. The lowest BCUT2D eigenvalue weighted by molar-refractivity contribution is -0.131. The minimum Gasteiger partial charge on any atom is -0.349 e. The van der Waals surface area contributed by atoms with Crippen LogP contribution in [0.3, 0.4) is 0 Å². The van der Waals surface area contributed by atoms with Gasteiger partial charge in [-0.1, -0.05) is 18.2 Å². The zero-order valence-corrected chi connectivity index (χ0v) is 16.2. The number of hydrogen-bond donors (Lipinski definition) is 1. The molecule has 0 atom stereocenters. The Labute approximate surface area is 166 Å². The summed E-state index contributed by atoms with van der Waals surface area (Å²) in [6.07, 6.45) is 10.1. The van der Waals surface area contributed by atoms with Gasteiger partial charge in [-0.05, 0) is 67.3 Å². The first-order chi connectivity index (χ1) is 13.7. The summed E-state index contributed by atoms with van der Waals surface area (Å²) in [7, 11) is 0. The number of rotatable bonds is 4. The van der Waals surface area contributed by atoms with Crippen LogP contribution in [-0.2, 0) is 24.1 Å². The number of benzene rings is 1. The molecule has 0 saturated carbocycles. The van der Waals surface area contributed by atoms with Gasteiger partial charge in [-0.15, -0.1) is 0 Å². The Morgan fingerprint density at radius 2 is 1.86 bits per heavy atom. The third kappa shape index (κ3) is 4.41. The van der Waals surface area contributed by atoms with Gasteiger partial charge in [0.25, 0.3) is 5.91 Å². The van der Waals surface area contributed by atoms with Crippen molar-refractivity contribution >= 4 is 11.8 Å². The Bertz CT molecular complexity index is 842. The summed E-state index contributed by atoms with van der Waals surface area (Å²) in [5, 5.41) is 3.06. The number of aromatic nitrogens is 1. The molecule has 28 heavy (non-hydrogen) atoms. The quantitative estimate of drug-likeness (QED) is 0.891. The van der Waals surface area contributed by atoms with Crippen LogP contribution in [0.4, 0.5) is 0 Å². The van der Waals surface area contributed by atoms with Crippen LogP contribution in [-0.4, -0.2) is 40.8 Å². The molecule has 0 radical (unpaired) electrons. The van der Waals surface area contributed by atoms with Crippen LogP contribution in [0, 0.1) is 0 Å². The van der Waals surface area contributed by atoms with Crippen LogP contribution in [0.15, 0.2) is 42.7 Å². The second kappa shape index (κ2) is 8.55. The van der Waals surface area contributed by atoms with Crippen LogP contribution in [0.25, 0.3) is 0 Å². The third-order valence-electron chi connectivity index (χ3n) is 5.87. The van der Waals surface area contributed by atoms with Crippen molar-refractivity contribution in [3.05, 3.63) is 65.0 Å². The Morgan fingerprint density at radius 3 is 2.61 bits per heavy atom. The highest BCUT2D eigenvalue weighted by Gasteiger charge is 2.24. The second-order valence-electron chi connectivity index (χ2n) is 7.86. The van der Waals surface area contributed by atoms with Gasteiger partial charge in [-0.25, -0.2) is 0 Å². The van der Waals surface area contributed by atoms with E-state index in [9.17, 15) is 9.59 Å². The predicted molar refractivity (Wildman–Crippen MR) is 108 cm³/mol. The maximum Gasteiger partial charge on any atom is 0.253 e. The molecule has 1 aromatic heterocycles. The molecule has 0 spiro atoms. The van der Waals surface area contributed by atoms with E-state index in [0.717, 1.165) is 24.8 Å². The van der Waals surface area contributed by atoms with Crippen molar-refractivity contribution in [1.82, 2.24) is 15.2 Å². The largest absolute Gasteiger partial charge is 0.349 e. The summed E-state index contributed by atoms with van der Waals surface area (Å²) in [5.74, 6) is 0.0970. The molecule has 1 N–H and O–H groups in total. The maximum absolute atomic E-state index is 12.7. The van der Waals surface area contributed by atoms with E-state index in [-0.39, 0.29) is 17.9 Å². The highest BCUT2D eigenvalue weighted by atomic mass is 16.2. The number of nitrogens with zero attached hydrogens (tertiary/aromatic N) is 2. The summed E-state index contributed by atoms with van der Waals surface area (Å²) in [4.78, 5) is 30.9. The van der Waals surface area contributed by atoms with Gasteiger partial charge in [-0.3, -0.25) is 14.6 Å². The van der Waals surface area contributed by atoms with Crippen LogP contribution < -0.4 is 5.32 Å². The maximum atomic E-state index is 12.7. The van der Waals surface area contributed by atoms with E-state index >= 15 is 0 Å². The molecule has 5 heteroatoms. The number of fused-ring (bicyclic) bond motifs is 1. The van der Waals surface area contributed by atoms with Crippen LogP contribution in [0.1, 0.15) is 52.7 Å². The van der Waals surface area contributed by atoms with E-state index in [4.69, 9.17) is 0 Å². The average molecular weight is 377 g/mol. The highest BCUT2D eigenvalue weighted by molar-refractivity contribution is 5.94. The monoisotopic (exact) mass is 377 g/mol. The first-order valence-electron chi connectivity index (χ1n) is 10.3. The minimum absolute atomic E-state index is 0.0908. The normalized spacial score (nSPS) is 17.1. The summed E-state index contributed by atoms with van der Waals surface area (Å²) >= 11 is 0. The van der Waals surface area contributed by atoms with Crippen molar-refractivity contribution in [2.24, 2.45) is 0 Å². The number of piperidine rings is 1. The average Bonchev–Trinajstić information content (AvgIpc) is 2.75. The third-order valence-corrected chi connectivity index (χ3v) is 5.87. The molecule has 2 aromatic rings. The Hall–Kier alpha value is -2.69. The molecule has 0 bridgehead atoms. The lowest BCUT2D eigenvalue weighted by Gasteiger charge is -2.32. The molecular formula is C23H27N3O2. The highest BCUT2D eigenvalue weighted by Crippen LogP contribution is 2.23. The number of aryl methyl sites for hydroxylation is 2. The number of hydrogen-bond acceptors (Lipinski definition) is 3. The van der Waals surface area contributed by atoms with Crippen molar-refractivity contribution in [2.75, 3.05) is 13.1 Å². The number of carbonyl (C=O) groups is 2. The fraction of sp³-hybridized carbons (Fsp3) is 0.435. The van der Waals surface area contributed by atoms with E-state index in [0.29, 0.717) is 25.1 Å². The Kier molecular flexibility index (Phi) is 5.70. The number of nitrogens with one attached hydrogen (secondary N) is 1. The number of carbonyl (C=O) groups excluding carboxylic acids is 2. The summed E-state index contributed by atoms with van der Waals surface area (Å²) < 4.78 is 0. The van der Waals surface area contributed by atoms with E-state index in [2.05, 4.69) is 28.5 Å². The van der Waals surface area contributed by atoms with Gasteiger partial charge in [0.2, 0.25) is 5.91 Å². The topological polar surface area (TPSA) is 62.3 Å². The van der Waals surface area contributed by atoms with Crippen molar-refractivity contribution in [2.45, 2.75) is 51.0 Å². The van der Waals surface area contributed by atoms with Gasteiger partial charge >= 0.3 is 0 Å². The van der Waals surface area contributed by atoms with Crippen LogP contribution >= 0.6 is 0 Å². The fourth-order valence-electron chi connectivity index (χ4n) is 4.22. The minimum atomic E-state index is -0.0908. The number of pyridine rings is 1. The van der Waals surface area contributed by atoms with Gasteiger partial charge in [0.15, 0.2) is 0 Å². The molecule has 2 aliphatic rings. The van der Waals surface area contributed by atoms with E-state index in [1.54, 1.807) is 24.5 Å².